The molecular weight excluding hydrogens is 225 g/mol. The Bertz CT molecular complexity index is 291. The van der Waals surface area contributed by atoms with Crippen molar-refractivity contribution >= 4 is 11.8 Å². The topological polar surface area (TPSA) is 49.4 Å². The Labute approximate surface area is 90.8 Å². The van der Waals surface area contributed by atoms with E-state index in [2.05, 4.69) is 5.32 Å². The molecule has 1 rings (SSSR count). The Kier molecular flexibility index (Phi) is 3.77. The predicted octanol–water partition coefficient (Wildman–Crippen LogP) is 0.676. The van der Waals surface area contributed by atoms with Crippen LogP contribution in [-0.2, 0) is 9.59 Å². The highest BCUT2D eigenvalue weighted by molar-refractivity contribution is 5.94. The van der Waals surface area contributed by atoms with Gasteiger partial charge in [0, 0.05) is 0 Å². The van der Waals surface area contributed by atoms with E-state index in [-0.39, 0.29) is 0 Å². The third-order valence-electron chi connectivity index (χ3n) is 2.23. The first-order valence-electron chi connectivity index (χ1n) is 4.98. The van der Waals surface area contributed by atoms with E-state index in [1.165, 1.54) is 0 Å². The number of nitrogens with zero attached hydrogens (tertiary/aromatic N) is 1. The van der Waals surface area contributed by atoms with Gasteiger partial charge in [-0.1, -0.05) is 13.3 Å². The molecule has 0 aromatic carbocycles. The highest BCUT2D eigenvalue weighted by Crippen LogP contribution is 2.18. The fourth-order valence-electron chi connectivity index (χ4n) is 1.61. The van der Waals surface area contributed by atoms with E-state index in [1.54, 1.807) is 6.92 Å². The van der Waals surface area contributed by atoms with Gasteiger partial charge in [0.05, 0.1) is 6.54 Å². The molecule has 1 unspecified atom stereocenters. The van der Waals surface area contributed by atoms with Crippen LogP contribution in [0.2, 0.25) is 0 Å². The van der Waals surface area contributed by atoms with E-state index in [0.29, 0.717) is 17.7 Å². The Morgan fingerprint density at radius 1 is 1.44 bits per heavy atom. The summed E-state index contributed by atoms with van der Waals surface area (Å²) in [5, 5.41) is 2.39. The molecule has 7 heteroatoms. The largest absolute Gasteiger partial charge is 0.406 e. The summed E-state index contributed by atoms with van der Waals surface area (Å²) in [5.41, 5.74) is 0. The molecular formula is C9H13F3N2O2. The van der Waals surface area contributed by atoms with Crippen molar-refractivity contribution in [2.45, 2.75) is 32.0 Å². The van der Waals surface area contributed by atoms with Crippen LogP contribution < -0.4 is 5.32 Å². The summed E-state index contributed by atoms with van der Waals surface area (Å²) < 4.78 is 36.4. The second-order valence-electron chi connectivity index (χ2n) is 3.72. The fraction of sp³-hybridized carbons (Fsp3) is 0.778. The average molecular weight is 238 g/mol. The maximum Gasteiger partial charge on any atom is 0.406 e. The van der Waals surface area contributed by atoms with Crippen LogP contribution in [0.25, 0.3) is 0 Å². The van der Waals surface area contributed by atoms with Crippen LogP contribution >= 0.6 is 0 Å². The fourth-order valence-corrected chi connectivity index (χ4v) is 1.61. The summed E-state index contributed by atoms with van der Waals surface area (Å²) in [6.07, 6.45) is -3.49. The number of alkyl halides is 3. The number of hydrogen-bond donors (Lipinski definition) is 1. The van der Waals surface area contributed by atoms with Crippen LogP contribution in [0, 0.1) is 0 Å². The summed E-state index contributed by atoms with van der Waals surface area (Å²) in [5.74, 6) is -1.19. The molecule has 0 saturated carbocycles. The van der Waals surface area contributed by atoms with Gasteiger partial charge in [0.15, 0.2) is 0 Å². The van der Waals surface area contributed by atoms with Gasteiger partial charge in [-0.15, -0.1) is 0 Å². The quantitative estimate of drug-likeness (QED) is 0.785. The van der Waals surface area contributed by atoms with Crippen molar-refractivity contribution in [1.29, 1.82) is 0 Å². The highest BCUT2D eigenvalue weighted by atomic mass is 19.4. The van der Waals surface area contributed by atoms with Gasteiger partial charge >= 0.3 is 6.18 Å². The van der Waals surface area contributed by atoms with Gasteiger partial charge in [0.2, 0.25) is 11.8 Å². The zero-order valence-electron chi connectivity index (χ0n) is 8.80. The summed E-state index contributed by atoms with van der Waals surface area (Å²) in [6, 6.07) is -0.811. The van der Waals surface area contributed by atoms with E-state index in [4.69, 9.17) is 0 Å². The van der Waals surface area contributed by atoms with Crippen molar-refractivity contribution in [2.75, 3.05) is 13.1 Å². The van der Waals surface area contributed by atoms with Gasteiger partial charge in [-0.25, -0.2) is 0 Å². The zero-order valence-corrected chi connectivity index (χ0v) is 8.80. The molecule has 2 amide bonds. The molecule has 1 aliphatic rings. The SMILES string of the molecule is CCCC1NC(=O)CN(CC(F)(F)F)C1=O. The van der Waals surface area contributed by atoms with Crippen molar-refractivity contribution < 1.29 is 22.8 Å². The molecule has 1 fully saturated rings. The molecule has 0 aromatic heterocycles. The minimum Gasteiger partial charge on any atom is -0.343 e. The van der Waals surface area contributed by atoms with Crippen LogP contribution in [-0.4, -0.2) is 42.0 Å². The van der Waals surface area contributed by atoms with Gasteiger partial charge < -0.3 is 10.2 Å². The molecule has 1 N–H and O–H groups in total. The molecule has 0 aliphatic carbocycles. The first kappa shape index (κ1) is 12.8. The molecule has 1 atom stereocenters. The second kappa shape index (κ2) is 4.71. The van der Waals surface area contributed by atoms with E-state index in [1.807, 2.05) is 0 Å². The second-order valence-corrected chi connectivity index (χ2v) is 3.72. The molecule has 0 spiro atoms. The average Bonchev–Trinajstić information content (AvgIpc) is 2.11. The Balaban J connectivity index is 2.69. The van der Waals surface area contributed by atoms with Crippen LogP contribution in [0.5, 0.6) is 0 Å². The van der Waals surface area contributed by atoms with Gasteiger partial charge in [-0.05, 0) is 6.42 Å². The number of hydrogen-bond acceptors (Lipinski definition) is 2. The van der Waals surface area contributed by atoms with Gasteiger partial charge in [0.25, 0.3) is 0 Å². The Morgan fingerprint density at radius 2 is 2.06 bits per heavy atom. The van der Waals surface area contributed by atoms with Crippen molar-refractivity contribution in [3.8, 4) is 0 Å². The number of amides is 2. The van der Waals surface area contributed by atoms with Crippen molar-refractivity contribution in [3.05, 3.63) is 0 Å². The first-order valence-corrected chi connectivity index (χ1v) is 4.98. The molecule has 4 nitrogen and oxygen atoms in total. The number of piperazine rings is 1. The lowest BCUT2D eigenvalue weighted by atomic mass is 10.1. The lowest BCUT2D eigenvalue weighted by Crippen LogP contribution is -2.59. The van der Waals surface area contributed by atoms with Crippen molar-refractivity contribution in [2.24, 2.45) is 0 Å². The summed E-state index contributed by atoms with van der Waals surface area (Å²) in [6.45, 7) is -0.0832. The van der Waals surface area contributed by atoms with E-state index in [9.17, 15) is 22.8 Å². The number of carbonyl (C=O) groups is 2. The lowest BCUT2D eigenvalue weighted by molar-refractivity contribution is -0.168. The molecule has 1 heterocycles. The smallest absolute Gasteiger partial charge is 0.343 e. The molecule has 92 valence electrons. The molecule has 1 aliphatic heterocycles. The number of nitrogens with one attached hydrogen (secondary N) is 1. The maximum absolute atomic E-state index is 12.1. The van der Waals surface area contributed by atoms with Crippen molar-refractivity contribution in [1.82, 2.24) is 10.2 Å². The standard InChI is InChI=1S/C9H13F3N2O2/c1-2-3-6-8(16)14(4-7(15)13-6)5-9(10,11)12/h6H,2-5H2,1H3,(H,13,15). The third-order valence-corrected chi connectivity index (χ3v) is 2.23. The third kappa shape index (κ3) is 3.39. The zero-order chi connectivity index (χ0) is 12.3. The van der Waals surface area contributed by atoms with Crippen LogP contribution in [0.15, 0.2) is 0 Å². The van der Waals surface area contributed by atoms with Gasteiger partial charge in [0.1, 0.15) is 12.6 Å². The number of carbonyl (C=O) groups excluding carboxylic acids is 2. The normalized spacial score (nSPS) is 22.2. The maximum atomic E-state index is 12.1. The molecule has 0 radical (unpaired) electrons. The Hall–Kier alpha value is -1.27. The van der Waals surface area contributed by atoms with E-state index < -0.39 is 37.1 Å². The van der Waals surface area contributed by atoms with Crippen LogP contribution in [0.4, 0.5) is 13.2 Å². The molecule has 0 bridgehead atoms. The minimum atomic E-state index is -4.47. The van der Waals surface area contributed by atoms with E-state index >= 15 is 0 Å². The van der Waals surface area contributed by atoms with Gasteiger partial charge in [-0.3, -0.25) is 9.59 Å². The first-order chi connectivity index (χ1) is 7.33. The van der Waals surface area contributed by atoms with E-state index in [0.717, 1.165) is 0 Å². The summed E-state index contributed by atoms with van der Waals surface area (Å²) in [4.78, 5) is 23.2. The molecule has 16 heavy (non-hydrogen) atoms. The van der Waals surface area contributed by atoms with Crippen LogP contribution in [0.3, 0.4) is 0 Å². The minimum absolute atomic E-state index is 0.360. The molecule has 0 aromatic rings. The molecule has 1 saturated heterocycles. The number of halogens is 3. The monoisotopic (exact) mass is 238 g/mol. The Morgan fingerprint density at radius 3 is 2.56 bits per heavy atom. The van der Waals surface area contributed by atoms with Crippen molar-refractivity contribution in [3.63, 3.8) is 0 Å². The summed E-state index contributed by atoms with van der Waals surface area (Å²) >= 11 is 0. The van der Waals surface area contributed by atoms with Gasteiger partial charge in [-0.2, -0.15) is 13.2 Å². The highest BCUT2D eigenvalue weighted by Gasteiger charge is 2.39. The van der Waals surface area contributed by atoms with Crippen LogP contribution in [0.1, 0.15) is 19.8 Å². The summed E-state index contributed by atoms with van der Waals surface area (Å²) in [7, 11) is 0. The lowest BCUT2D eigenvalue weighted by Gasteiger charge is -2.32. The number of rotatable bonds is 3. The predicted molar refractivity (Wildman–Crippen MR) is 49.5 cm³/mol.